The van der Waals surface area contributed by atoms with Crippen LogP contribution in [0.15, 0.2) is 35.3 Å². The highest BCUT2D eigenvalue weighted by molar-refractivity contribution is 6.16. The van der Waals surface area contributed by atoms with E-state index >= 15 is 0 Å². The maximum atomic E-state index is 14.2. The molecular formula is C23H27ClFNO2. The van der Waals surface area contributed by atoms with Gasteiger partial charge in [0.25, 0.3) is 0 Å². The van der Waals surface area contributed by atoms with Gasteiger partial charge in [-0.1, -0.05) is 30.3 Å². The standard InChI is InChI=1S/C23H26FNO2.ClH/c1-22(2)11-15-17(13-24)20(26-5)21-16(12-23(3,4)27-21)18(15)19(25-22)14-9-7-6-8-10-14;/h6-10H,11-13H2,1-5H3;1H. The van der Waals surface area contributed by atoms with Gasteiger partial charge < -0.3 is 9.47 Å². The van der Waals surface area contributed by atoms with Crippen molar-refractivity contribution in [1.29, 1.82) is 0 Å². The molecule has 0 spiro atoms. The summed E-state index contributed by atoms with van der Waals surface area (Å²) in [5, 5.41) is 0. The molecule has 2 aromatic rings. The van der Waals surface area contributed by atoms with Gasteiger partial charge in [0.05, 0.1) is 18.4 Å². The average molecular weight is 404 g/mol. The molecule has 2 aliphatic heterocycles. The zero-order valence-electron chi connectivity index (χ0n) is 17.1. The third-order valence-electron chi connectivity index (χ3n) is 5.35. The molecule has 2 aliphatic rings. The van der Waals surface area contributed by atoms with Crippen LogP contribution in [-0.4, -0.2) is 24.0 Å². The smallest absolute Gasteiger partial charge is 0.167 e. The van der Waals surface area contributed by atoms with Crippen molar-refractivity contribution in [1.82, 2.24) is 0 Å². The van der Waals surface area contributed by atoms with Gasteiger partial charge in [-0.25, -0.2) is 4.39 Å². The lowest BCUT2D eigenvalue weighted by molar-refractivity contribution is 0.133. The molecule has 0 atom stereocenters. The van der Waals surface area contributed by atoms with Crippen molar-refractivity contribution in [3.8, 4) is 11.5 Å². The Kier molecular flexibility index (Phi) is 5.22. The van der Waals surface area contributed by atoms with Crippen molar-refractivity contribution < 1.29 is 13.9 Å². The average Bonchev–Trinajstić information content (AvgIpc) is 2.94. The minimum absolute atomic E-state index is 0. The fourth-order valence-corrected chi connectivity index (χ4v) is 4.35. The zero-order chi connectivity index (χ0) is 19.4. The Labute approximate surface area is 172 Å². The molecule has 0 bridgehead atoms. The number of nitrogens with zero attached hydrogens (tertiary/aromatic N) is 1. The first-order valence-corrected chi connectivity index (χ1v) is 9.41. The summed E-state index contributed by atoms with van der Waals surface area (Å²) >= 11 is 0. The molecular weight excluding hydrogens is 377 g/mol. The third kappa shape index (κ3) is 3.28. The number of hydrogen-bond donors (Lipinski definition) is 0. The Morgan fingerprint density at radius 3 is 2.36 bits per heavy atom. The Bertz CT molecular complexity index is 936. The molecule has 0 amide bonds. The first-order valence-electron chi connectivity index (χ1n) is 9.41. The van der Waals surface area contributed by atoms with Gasteiger partial charge in [-0.15, -0.1) is 12.4 Å². The number of ether oxygens (including phenoxy) is 2. The van der Waals surface area contributed by atoms with Crippen molar-refractivity contribution in [3.05, 3.63) is 58.1 Å². The van der Waals surface area contributed by atoms with Crippen LogP contribution >= 0.6 is 12.4 Å². The number of hydrogen-bond acceptors (Lipinski definition) is 3. The van der Waals surface area contributed by atoms with E-state index < -0.39 is 6.67 Å². The highest BCUT2D eigenvalue weighted by atomic mass is 35.5. The molecule has 0 saturated heterocycles. The van der Waals surface area contributed by atoms with Gasteiger partial charge in [0.15, 0.2) is 11.5 Å². The topological polar surface area (TPSA) is 30.8 Å². The molecule has 0 saturated carbocycles. The van der Waals surface area contributed by atoms with Crippen LogP contribution in [0, 0.1) is 0 Å². The summed E-state index contributed by atoms with van der Waals surface area (Å²) in [6, 6.07) is 10.2. The first-order chi connectivity index (χ1) is 12.8. The number of rotatable bonds is 3. The van der Waals surface area contributed by atoms with Crippen LogP contribution in [0.5, 0.6) is 11.5 Å². The lowest BCUT2D eigenvalue weighted by atomic mass is 9.78. The molecule has 0 unspecified atom stereocenters. The minimum Gasteiger partial charge on any atom is -0.492 e. The van der Waals surface area contributed by atoms with E-state index in [1.54, 1.807) is 7.11 Å². The van der Waals surface area contributed by atoms with Gasteiger partial charge >= 0.3 is 0 Å². The Balaban J connectivity index is 0.00000225. The number of alkyl halides is 1. The summed E-state index contributed by atoms with van der Waals surface area (Å²) < 4.78 is 26.1. The summed E-state index contributed by atoms with van der Waals surface area (Å²) in [5.41, 5.74) is 5.04. The quantitative estimate of drug-likeness (QED) is 0.680. The molecule has 3 nitrogen and oxygen atoms in total. The van der Waals surface area contributed by atoms with Gasteiger partial charge in [-0.05, 0) is 39.7 Å². The predicted octanol–water partition coefficient (Wildman–Crippen LogP) is 5.47. The summed E-state index contributed by atoms with van der Waals surface area (Å²) in [6.45, 7) is 7.73. The minimum atomic E-state index is -0.583. The predicted molar refractivity (Wildman–Crippen MR) is 113 cm³/mol. The van der Waals surface area contributed by atoms with Crippen molar-refractivity contribution in [3.63, 3.8) is 0 Å². The van der Waals surface area contributed by atoms with Gasteiger partial charge in [0.2, 0.25) is 0 Å². The van der Waals surface area contributed by atoms with Gasteiger partial charge in [0.1, 0.15) is 12.3 Å². The van der Waals surface area contributed by atoms with E-state index in [-0.39, 0.29) is 23.5 Å². The lowest BCUT2D eigenvalue weighted by Gasteiger charge is -2.32. The monoisotopic (exact) mass is 403 g/mol. The second-order valence-electron chi connectivity index (χ2n) is 8.66. The van der Waals surface area contributed by atoms with E-state index in [0.29, 0.717) is 23.5 Å². The second-order valence-corrected chi connectivity index (χ2v) is 8.66. The highest BCUT2D eigenvalue weighted by Gasteiger charge is 2.41. The van der Waals surface area contributed by atoms with Crippen molar-refractivity contribution >= 4 is 18.1 Å². The Morgan fingerprint density at radius 2 is 1.75 bits per heavy atom. The Hall–Kier alpha value is -2.07. The fraction of sp³-hybridized carbons (Fsp3) is 0.435. The maximum absolute atomic E-state index is 14.2. The normalized spacial score (nSPS) is 18.3. The maximum Gasteiger partial charge on any atom is 0.167 e. The molecule has 150 valence electrons. The number of halogens is 2. The molecule has 5 heteroatoms. The van der Waals surface area contributed by atoms with Crippen LogP contribution in [-0.2, 0) is 19.5 Å². The van der Waals surface area contributed by atoms with Gasteiger partial charge in [0, 0.05) is 28.7 Å². The summed E-state index contributed by atoms with van der Waals surface area (Å²) in [6.07, 6.45) is 1.43. The van der Waals surface area contributed by atoms with Crippen LogP contribution in [0.25, 0.3) is 0 Å². The number of aliphatic imine (C=N–C) groups is 1. The summed E-state index contributed by atoms with van der Waals surface area (Å²) in [4.78, 5) is 5.08. The molecule has 4 rings (SSSR count). The van der Waals surface area contributed by atoms with Crippen molar-refractivity contribution in [2.24, 2.45) is 4.99 Å². The number of benzene rings is 2. The summed E-state index contributed by atoms with van der Waals surface area (Å²) in [7, 11) is 1.59. The van der Waals surface area contributed by atoms with E-state index in [9.17, 15) is 4.39 Å². The van der Waals surface area contributed by atoms with E-state index in [4.69, 9.17) is 14.5 Å². The van der Waals surface area contributed by atoms with Crippen molar-refractivity contribution in [2.45, 2.75) is 58.4 Å². The van der Waals surface area contributed by atoms with E-state index in [1.807, 2.05) is 18.2 Å². The molecule has 0 aromatic heterocycles. The SMILES string of the molecule is COc1c(CF)c2c(c3c1OC(C)(C)C3)C(c1ccccc1)=NC(C)(C)C2.Cl. The zero-order valence-corrected chi connectivity index (χ0v) is 17.9. The largest absolute Gasteiger partial charge is 0.492 e. The van der Waals surface area contributed by atoms with Crippen LogP contribution in [0.3, 0.4) is 0 Å². The lowest BCUT2D eigenvalue weighted by Crippen LogP contribution is -2.31. The number of methoxy groups -OCH3 is 1. The molecule has 0 radical (unpaired) electrons. The highest BCUT2D eigenvalue weighted by Crippen LogP contribution is 2.50. The number of fused-ring (bicyclic) bond motifs is 3. The summed E-state index contributed by atoms with van der Waals surface area (Å²) in [5.74, 6) is 1.22. The van der Waals surface area contributed by atoms with E-state index in [2.05, 4.69) is 39.8 Å². The van der Waals surface area contributed by atoms with Crippen LogP contribution < -0.4 is 9.47 Å². The van der Waals surface area contributed by atoms with Crippen LogP contribution in [0.4, 0.5) is 4.39 Å². The molecule has 2 aromatic carbocycles. The fourth-order valence-electron chi connectivity index (χ4n) is 4.35. The van der Waals surface area contributed by atoms with Gasteiger partial charge in [-0.3, -0.25) is 4.99 Å². The van der Waals surface area contributed by atoms with Crippen molar-refractivity contribution in [2.75, 3.05) is 7.11 Å². The van der Waals surface area contributed by atoms with Crippen LogP contribution in [0.1, 0.15) is 55.5 Å². The molecule has 0 fully saturated rings. The van der Waals surface area contributed by atoms with Crippen LogP contribution in [0.2, 0.25) is 0 Å². The van der Waals surface area contributed by atoms with E-state index in [0.717, 1.165) is 34.4 Å². The molecule has 0 aliphatic carbocycles. The molecule has 0 N–H and O–H groups in total. The Morgan fingerprint density at radius 1 is 1.07 bits per heavy atom. The third-order valence-corrected chi connectivity index (χ3v) is 5.35. The molecule has 28 heavy (non-hydrogen) atoms. The first kappa shape index (κ1) is 20.7. The van der Waals surface area contributed by atoms with E-state index in [1.165, 1.54) is 0 Å². The second kappa shape index (κ2) is 7.07. The van der Waals surface area contributed by atoms with Gasteiger partial charge in [-0.2, -0.15) is 0 Å². The molecule has 2 heterocycles.